The molecule has 47 heavy (non-hydrogen) atoms. The molecule has 0 atom stereocenters. The number of aryl methyl sites for hydroxylation is 1. The molecule has 4 aliphatic rings. The average Bonchev–Trinajstić information content (AvgIpc) is 3.40. The number of imidazole rings is 1. The first-order valence-corrected chi connectivity index (χ1v) is 16.6. The van der Waals surface area contributed by atoms with E-state index in [0.717, 1.165) is 35.3 Å². The van der Waals surface area contributed by atoms with Gasteiger partial charge in [-0.3, -0.25) is 5.32 Å². The van der Waals surface area contributed by atoms with E-state index in [2.05, 4.69) is 10.6 Å². The maximum absolute atomic E-state index is 13.4. The third kappa shape index (κ3) is 6.52. The van der Waals surface area contributed by atoms with Gasteiger partial charge in [0.1, 0.15) is 6.61 Å². The summed E-state index contributed by atoms with van der Waals surface area (Å²) in [4.78, 5) is 43.7. The molecule has 9 heteroatoms. The Balaban J connectivity index is 1.12. The highest BCUT2D eigenvalue weighted by Gasteiger charge is 2.50. The Morgan fingerprint density at radius 2 is 1.57 bits per heavy atom. The summed E-state index contributed by atoms with van der Waals surface area (Å²) >= 11 is 0. The number of carboxylic acid groups (broad SMARTS) is 1. The molecule has 1 heterocycles. The molecule has 0 aliphatic heterocycles. The second-order valence-corrected chi connectivity index (χ2v) is 13.8. The first-order chi connectivity index (χ1) is 22.7. The number of ether oxygens (including phenoxy) is 1. The zero-order valence-electron chi connectivity index (χ0n) is 26.6. The number of benzene rings is 3. The minimum absolute atomic E-state index is 0.138. The molecule has 0 saturated heterocycles. The SMILES string of the molecule is Cc1ccccc1-c1nc(NC(=O)Nc2cccc(C(=O)OCc3ccccc3)c2)c(CCC23CC4CC(CC(C4)C2)C3)n1C(=O)O. The number of carbonyl (C=O) groups excluding carboxylic acids is 2. The summed E-state index contributed by atoms with van der Waals surface area (Å²) in [5, 5.41) is 16.1. The van der Waals surface area contributed by atoms with Gasteiger partial charge in [0.25, 0.3) is 0 Å². The molecule has 8 rings (SSSR count). The first kappa shape index (κ1) is 30.7. The average molecular weight is 633 g/mol. The molecule has 0 unspecified atom stereocenters. The molecule has 2 amide bonds. The smallest absolute Gasteiger partial charge is 0.417 e. The predicted octanol–water partition coefficient (Wildman–Crippen LogP) is 8.53. The standard InChI is InChI=1S/C38H40N4O5/c1-24-8-5-6-13-31(24)34-40-33(32(42(34)37(45)46)14-15-38-20-26-16-27(21-38)18-28(17-26)22-38)41-36(44)39-30-12-7-11-29(19-30)35(43)47-23-25-9-3-2-4-10-25/h2-13,19,26-28H,14-18,20-23H2,1H3,(H,45,46)(H2,39,41,44). The zero-order chi connectivity index (χ0) is 32.5. The summed E-state index contributed by atoms with van der Waals surface area (Å²) in [6.45, 7) is 2.06. The van der Waals surface area contributed by atoms with Crippen molar-refractivity contribution in [3.8, 4) is 11.4 Å². The molecule has 0 radical (unpaired) electrons. The van der Waals surface area contributed by atoms with E-state index in [9.17, 15) is 19.5 Å². The molecule has 1 aromatic heterocycles. The molecule has 4 bridgehead atoms. The van der Waals surface area contributed by atoms with Crippen molar-refractivity contribution in [2.45, 2.75) is 64.9 Å². The van der Waals surface area contributed by atoms with E-state index in [0.29, 0.717) is 28.9 Å². The fourth-order valence-corrected chi connectivity index (χ4v) is 8.77. The molecular formula is C38H40N4O5. The number of nitrogens with zero attached hydrogens (tertiary/aromatic N) is 2. The number of anilines is 2. The number of urea groups is 1. The van der Waals surface area contributed by atoms with Crippen LogP contribution in [0.1, 0.15) is 72.1 Å². The summed E-state index contributed by atoms with van der Waals surface area (Å²) in [7, 11) is 0. The number of rotatable bonds is 9. The van der Waals surface area contributed by atoms with Crippen LogP contribution in [0.2, 0.25) is 0 Å². The number of hydrogen-bond donors (Lipinski definition) is 3. The lowest BCUT2D eigenvalue weighted by atomic mass is 9.48. The van der Waals surface area contributed by atoms with Crippen molar-refractivity contribution in [1.82, 2.24) is 9.55 Å². The van der Waals surface area contributed by atoms with Crippen LogP contribution in [0.3, 0.4) is 0 Å². The fraction of sp³-hybridized carbons (Fsp3) is 0.368. The van der Waals surface area contributed by atoms with E-state index < -0.39 is 18.1 Å². The monoisotopic (exact) mass is 632 g/mol. The van der Waals surface area contributed by atoms with Crippen LogP contribution in [0.5, 0.6) is 0 Å². The quantitative estimate of drug-likeness (QED) is 0.159. The summed E-state index contributed by atoms with van der Waals surface area (Å²) in [6, 6.07) is 22.9. The number of esters is 1. The van der Waals surface area contributed by atoms with E-state index in [1.54, 1.807) is 24.3 Å². The van der Waals surface area contributed by atoms with Gasteiger partial charge < -0.3 is 15.2 Å². The number of hydrogen-bond acceptors (Lipinski definition) is 5. The van der Waals surface area contributed by atoms with Crippen molar-refractivity contribution in [1.29, 1.82) is 0 Å². The maximum atomic E-state index is 13.4. The zero-order valence-corrected chi connectivity index (χ0v) is 26.6. The molecule has 242 valence electrons. The van der Waals surface area contributed by atoms with Gasteiger partial charge in [0.15, 0.2) is 11.6 Å². The number of aromatic nitrogens is 2. The summed E-state index contributed by atoms with van der Waals surface area (Å²) in [5.41, 5.74) is 3.86. The molecular weight excluding hydrogens is 592 g/mol. The Labute approximate surface area is 274 Å². The first-order valence-electron chi connectivity index (χ1n) is 16.6. The van der Waals surface area contributed by atoms with Crippen molar-refractivity contribution >= 4 is 29.6 Å². The van der Waals surface area contributed by atoms with Gasteiger partial charge in [-0.1, -0.05) is 60.7 Å². The van der Waals surface area contributed by atoms with Gasteiger partial charge in [0, 0.05) is 11.3 Å². The summed E-state index contributed by atoms with van der Waals surface area (Å²) in [5.74, 6) is 2.35. The molecule has 3 aromatic carbocycles. The Morgan fingerprint density at radius 3 is 2.26 bits per heavy atom. The number of amides is 2. The van der Waals surface area contributed by atoms with Crippen LogP contribution in [0, 0.1) is 30.1 Å². The molecule has 4 saturated carbocycles. The number of carbonyl (C=O) groups is 3. The van der Waals surface area contributed by atoms with Crippen LogP contribution in [-0.2, 0) is 17.8 Å². The van der Waals surface area contributed by atoms with Crippen LogP contribution in [-0.4, -0.2) is 32.8 Å². The van der Waals surface area contributed by atoms with Crippen LogP contribution in [0.15, 0.2) is 78.9 Å². The third-order valence-electron chi connectivity index (χ3n) is 10.4. The molecule has 3 N–H and O–H groups in total. The lowest BCUT2D eigenvalue weighted by Crippen LogP contribution is -2.46. The van der Waals surface area contributed by atoms with Crippen LogP contribution < -0.4 is 10.6 Å². The highest BCUT2D eigenvalue weighted by Crippen LogP contribution is 2.61. The van der Waals surface area contributed by atoms with E-state index in [1.165, 1.54) is 43.1 Å². The Kier molecular flexibility index (Phi) is 8.30. The van der Waals surface area contributed by atoms with Gasteiger partial charge in [-0.2, -0.15) is 0 Å². The van der Waals surface area contributed by atoms with Crippen molar-refractivity contribution in [3.63, 3.8) is 0 Å². The van der Waals surface area contributed by atoms with Gasteiger partial charge in [-0.25, -0.2) is 23.9 Å². The highest BCUT2D eigenvalue weighted by atomic mass is 16.5. The normalized spacial score (nSPS) is 22.5. The molecule has 4 fully saturated rings. The van der Waals surface area contributed by atoms with Gasteiger partial charge in [-0.15, -0.1) is 0 Å². The van der Waals surface area contributed by atoms with Gasteiger partial charge in [-0.05, 0) is 111 Å². The highest BCUT2D eigenvalue weighted by molar-refractivity contribution is 6.01. The lowest BCUT2D eigenvalue weighted by molar-refractivity contribution is -0.0571. The molecule has 9 nitrogen and oxygen atoms in total. The number of nitrogens with one attached hydrogen (secondary N) is 2. The maximum Gasteiger partial charge on any atom is 0.417 e. The van der Waals surface area contributed by atoms with Crippen molar-refractivity contribution in [3.05, 3.63) is 101 Å². The van der Waals surface area contributed by atoms with E-state index in [1.807, 2.05) is 61.5 Å². The molecule has 0 spiro atoms. The van der Waals surface area contributed by atoms with E-state index in [4.69, 9.17) is 9.72 Å². The summed E-state index contributed by atoms with van der Waals surface area (Å²) < 4.78 is 6.71. The second kappa shape index (κ2) is 12.7. The van der Waals surface area contributed by atoms with Crippen LogP contribution in [0.4, 0.5) is 21.1 Å². The topological polar surface area (TPSA) is 123 Å². The van der Waals surface area contributed by atoms with Crippen LogP contribution in [0.25, 0.3) is 11.4 Å². The Morgan fingerprint density at radius 1 is 0.894 bits per heavy atom. The molecule has 4 aliphatic carbocycles. The van der Waals surface area contributed by atoms with Crippen molar-refractivity contribution in [2.75, 3.05) is 10.6 Å². The Hall–Kier alpha value is -4.92. The minimum Gasteiger partial charge on any atom is -0.464 e. The van der Waals surface area contributed by atoms with Gasteiger partial charge >= 0.3 is 18.1 Å². The summed E-state index contributed by atoms with van der Waals surface area (Å²) in [6.07, 6.45) is 7.86. The van der Waals surface area contributed by atoms with Gasteiger partial charge in [0.2, 0.25) is 0 Å². The van der Waals surface area contributed by atoms with E-state index >= 15 is 0 Å². The van der Waals surface area contributed by atoms with Gasteiger partial charge in [0.05, 0.1) is 11.3 Å². The van der Waals surface area contributed by atoms with E-state index in [-0.39, 0.29) is 23.7 Å². The largest absolute Gasteiger partial charge is 0.464 e. The Bertz CT molecular complexity index is 1780. The van der Waals surface area contributed by atoms with Crippen LogP contribution >= 0.6 is 0 Å². The minimum atomic E-state index is -1.13. The lowest BCUT2D eigenvalue weighted by Gasteiger charge is -2.57. The van der Waals surface area contributed by atoms with Crippen molar-refractivity contribution in [2.24, 2.45) is 23.2 Å². The molecule has 4 aromatic rings. The fourth-order valence-electron chi connectivity index (χ4n) is 8.77. The van der Waals surface area contributed by atoms with Crippen molar-refractivity contribution < 1.29 is 24.2 Å². The second-order valence-electron chi connectivity index (χ2n) is 13.8. The predicted molar refractivity (Wildman–Crippen MR) is 179 cm³/mol. The third-order valence-corrected chi connectivity index (χ3v) is 10.4.